The van der Waals surface area contributed by atoms with E-state index in [-0.39, 0.29) is 29.3 Å². The summed E-state index contributed by atoms with van der Waals surface area (Å²) in [7, 11) is 0. The Kier molecular flexibility index (Phi) is 6.30. The summed E-state index contributed by atoms with van der Waals surface area (Å²) in [5.74, 6) is -0.281. The van der Waals surface area contributed by atoms with E-state index < -0.39 is 17.2 Å². The quantitative estimate of drug-likeness (QED) is 0.765. The lowest BCUT2D eigenvalue weighted by molar-refractivity contribution is 0.0915. The highest BCUT2D eigenvalue weighted by Gasteiger charge is 2.26. The first-order chi connectivity index (χ1) is 13.1. The average molecular weight is 382 g/mol. The third-order valence-corrected chi connectivity index (χ3v) is 5.01. The predicted molar refractivity (Wildman–Crippen MR) is 107 cm³/mol. The van der Waals surface area contributed by atoms with Crippen molar-refractivity contribution in [1.29, 1.82) is 5.26 Å². The minimum atomic E-state index is -0.588. The highest BCUT2D eigenvalue weighted by molar-refractivity contribution is 6.01. The van der Waals surface area contributed by atoms with Gasteiger partial charge in [-0.25, -0.2) is 0 Å². The molecule has 0 aliphatic carbocycles. The number of hydrogen-bond acceptors (Lipinski definition) is 5. The summed E-state index contributed by atoms with van der Waals surface area (Å²) in [6, 6.07) is 5.44. The van der Waals surface area contributed by atoms with Gasteiger partial charge in [-0.3, -0.25) is 14.2 Å². The van der Waals surface area contributed by atoms with Crippen LogP contribution in [0.3, 0.4) is 0 Å². The van der Waals surface area contributed by atoms with Crippen LogP contribution in [0.1, 0.15) is 64.5 Å². The van der Waals surface area contributed by atoms with Crippen molar-refractivity contribution >= 4 is 5.78 Å². The Morgan fingerprint density at radius 2 is 1.82 bits per heavy atom. The molecule has 6 nitrogen and oxygen atoms in total. The number of ketones is 1. The zero-order valence-corrected chi connectivity index (χ0v) is 17.2. The third kappa shape index (κ3) is 3.79. The van der Waals surface area contributed by atoms with E-state index in [2.05, 4.69) is 0 Å². The van der Waals surface area contributed by atoms with E-state index in [4.69, 9.17) is 4.74 Å². The molecule has 148 valence electrons. The van der Waals surface area contributed by atoms with E-state index in [1.807, 2.05) is 45.9 Å². The third-order valence-electron chi connectivity index (χ3n) is 5.01. The first kappa shape index (κ1) is 21.2. The number of ether oxygens (including phenoxy) is 1. The molecule has 0 saturated heterocycles. The van der Waals surface area contributed by atoms with Crippen LogP contribution in [0.25, 0.3) is 0 Å². The number of nitriles is 1. The Labute approximate surface area is 165 Å². The maximum atomic E-state index is 12.9. The molecule has 0 fully saturated rings. The monoisotopic (exact) mass is 382 g/mol. The Hall–Kier alpha value is -3.07. The maximum Gasteiger partial charge on any atom is 0.271 e. The summed E-state index contributed by atoms with van der Waals surface area (Å²) in [5, 5.41) is 20.1. The molecular formula is C22H26N2O4. The minimum Gasteiger partial charge on any atom is -0.494 e. The van der Waals surface area contributed by atoms with Gasteiger partial charge in [0.15, 0.2) is 6.61 Å². The van der Waals surface area contributed by atoms with Crippen molar-refractivity contribution in [2.45, 2.75) is 54.0 Å². The van der Waals surface area contributed by atoms with Gasteiger partial charge in [0.1, 0.15) is 17.4 Å². The Morgan fingerprint density at radius 3 is 2.32 bits per heavy atom. The smallest absolute Gasteiger partial charge is 0.271 e. The number of pyridine rings is 1. The zero-order valence-electron chi connectivity index (χ0n) is 17.2. The van der Waals surface area contributed by atoms with E-state index in [0.717, 1.165) is 21.3 Å². The second-order valence-electron chi connectivity index (χ2n) is 7.18. The number of aromatic hydroxyl groups is 1. The van der Waals surface area contributed by atoms with Crippen molar-refractivity contribution in [2.24, 2.45) is 0 Å². The summed E-state index contributed by atoms with van der Waals surface area (Å²) in [6.45, 7) is 10.6. The van der Waals surface area contributed by atoms with E-state index >= 15 is 0 Å². The van der Waals surface area contributed by atoms with Crippen LogP contribution in [0.15, 0.2) is 16.9 Å². The average Bonchev–Trinajstić information content (AvgIpc) is 2.60. The summed E-state index contributed by atoms with van der Waals surface area (Å²) in [6.07, 6.45) is 0.563. The lowest BCUT2D eigenvalue weighted by atomic mass is 10.0. The molecule has 0 spiro atoms. The van der Waals surface area contributed by atoms with Crippen molar-refractivity contribution < 1.29 is 14.6 Å². The largest absolute Gasteiger partial charge is 0.494 e. The molecule has 1 unspecified atom stereocenters. The molecular weight excluding hydrogens is 356 g/mol. The van der Waals surface area contributed by atoms with Gasteiger partial charge in [-0.1, -0.05) is 24.6 Å². The number of aryl methyl sites for hydroxylation is 3. The number of carbonyl (C=O) groups is 1. The molecule has 1 aromatic carbocycles. The predicted octanol–water partition coefficient (Wildman–Crippen LogP) is 3.89. The minimum absolute atomic E-state index is 0.0427. The number of rotatable bonds is 6. The number of hydrogen-bond donors (Lipinski definition) is 1. The van der Waals surface area contributed by atoms with Crippen LogP contribution in [0.5, 0.6) is 11.6 Å². The molecule has 0 saturated carbocycles. The molecule has 0 bridgehead atoms. The molecule has 2 rings (SSSR count). The first-order valence-electron chi connectivity index (χ1n) is 9.25. The van der Waals surface area contributed by atoms with Gasteiger partial charge in [-0.15, -0.1) is 0 Å². The molecule has 0 aliphatic heterocycles. The van der Waals surface area contributed by atoms with Crippen LogP contribution in [0.4, 0.5) is 0 Å². The summed E-state index contributed by atoms with van der Waals surface area (Å²) < 4.78 is 6.86. The van der Waals surface area contributed by atoms with Crippen molar-refractivity contribution in [3.63, 3.8) is 0 Å². The summed E-state index contributed by atoms with van der Waals surface area (Å²) >= 11 is 0. The van der Waals surface area contributed by atoms with Gasteiger partial charge in [0.25, 0.3) is 5.56 Å². The normalized spacial score (nSPS) is 11.8. The van der Waals surface area contributed by atoms with Crippen LogP contribution in [-0.2, 0) is 0 Å². The Balaban J connectivity index is 2.49. The van der Waals surface area contributed by atoms with Gasteiger partial charge in [0, 0.05) is 6.04 Å². The molecule has 1 aromatic heterocycles. The maximum absolute atomic E-state index is 12.9. The number of Topliss-reactive ketones (excluding diaryl/α,β-unsaturated/α-hetero) is 1. The second kappa shape index (κ2) is 8.30. The van der Waals surface area contributed by atoms with Crippen molar-refractivity contribution in [2.75, 3.05) is 6.61 Å². The van der Waals surface area contributed by atoms with Crippen LogP contribution in [-0.4, -0.2) is 22.1 Å². The molecule has 1 heterocycles. The number of benzene rings is 1. The fourth-order valence-electron chi connectivity index (χ4n) is 3.45. The topological polar surface area (TPSA) is 92.3 Å². The summed E-state index contributed by atoms with van der Waals surface area (Å²) in [5.41, 5.74) is 2.33. The molecule has 0 radical (unpaired) electrons. The highest BCUT2D eigenvalue weighted by Crippen LogP contribution is 2.28. The first-order valence-corrected chi connectivity index (χ1v) is 9.25. The molecule has 1 atom stereocenters. The van der Waals surface area contributed by atoms with Crippen LogP contribution in [0, 0.1) is 39.0 Å². The SMILES string of the molecule is CCC(C)n1c(O)c(C(=O)COc2c(C)cc(C)cc2C)c(C)c(C#N)c1=O. The van der Waals surface area contributed by atoms with Crippen LogP contribution >= 0.6 is 0 Å². The lowest BCUT2D eigenvalue weighted by Crippen LogP contribution is -2.29. The zero-order chi connectivity index (χ0) is 21.2. The van der Waals surface area contributed by atoms with Gasteiger partial charge in [-0.2, -0.15) is 5.26 Å². The van der Waals surface area contributed by atoms with E-state index in [1.165, 1.54) is 6.92 Å². The van der Waals surface area contributed by atoms with E-state index in [9.17, 15) is 20.0 Å². The molecule has 28 heavy (non-hydrogen) atoms. The van der Waals surface area contributed by atoms with Crippen molar-refractivity contribution in [3.05, 3.63) is 55.9 Å². The van der Waals surface area contributed by atoms with Crippen LogP contribution < -0.4 is 10.3 Å². The number of carbonyl (C=O) groups excluding carboxylic acids is 1. The Bertz CT molecular complexity index is 1010. The second-order valence-corrected chi connectivity index (χ2v) is 7.18. The van der Waals surface area contributed by atoms with Gasteiger partial charge in [0.2, 0.25) is 11.7 Å². The van der Waals surface area contributed by atoms with Crippen molar-refractivity contribution in [3.8, 4) is 17.7 Å². The van der Waals surface area contributed by atoms with E-state index in [1.54, 1.807) is 6.92 Å². The van der Waals surface area contributed by atoms with Crippen LogP contribution in [0.2, 0.25) is 0 Å². The number of aromatic nitrogens is 1. The van der Waals surface area contributed by atoms with Crippen molar-refractivity contribution in [1.82, 2.24) is 4.57 Å². The highest BCUT2D eigenvalue weighted by atomic mass is 16.5. The fraction of sp³-hybridized carbons (Fsp3) is 0.409. The number of nitrogens with zero attached hydrogens (tertiary/aromatic N) is 2. The van der Waals surface area contributed by atoms with Gasteiger partial charge in [0.05, 0.1) is 5.56 Å². The molecule has 1 N–H and O–H groups in total. The Morgan fingerprint density at radius 1 is 1.25 bits per heavy atom. The van der Waals surface area contributed by atoms with Gasteiger partial charge in [-0.05, 0) is 57.7 Å². The van der Waals surface area contributed by atoms with Gasteiger partial charge < -0.3 is 9.84 Å². The molecule has 6 heteroatoms. The summed E-state index contributed by atoms with van der Waals surface area (Å²) in [4.78, 5) is 25.4. The van der Waals surface area contributed by atoms with E-state index in [0.29, 0.717) is 12.2 Å². The molecule has 0 amide bonds. The molecule has 0 aliphatic rings. The lowest BCUT2D eigenvalue weighted by Gasteiger charge is -2.20. The molecule has 2 aromatic rings. The standard InChI is InChI=1S/C22H26N2O4/c1-7-15(5)24-21(26)17(10-23)16(6)19(22(24)27)18(25)11-28-20-13(3)8-12(2)9-14(20)4/h8-9,15,27H,7,11H2,1-6H3. The fourth-order valence-corrected chi connectivity index (χ4v) is 3.45. The van der Waals surface area contributed by atoms with Gasteiger partial charge >= 0.3 is 0 Å².